The van der Waals surface area contributed by atoms with E-state index in [4.69, 9.17) is 9.47 Å². The first kappa shape index (κ1) is 14.6. The van der Waals surface area contributed by atoms with Crippen molar-refractivity contribution in [3.63, 3.8) is 0 Å². The van der Waals surface area contributed by atoms with Crippen molar-refractivity contribution in [2.24, 2.45) is 7.05 Å². The van der Waals surface area contributed by atoms with Crippen molar-refractivity contribution in [3.8, 4) is 11.5 Å². The summed E-state index contributed by atoms with van der Waals surface area (Å²) in [6.07, 6.45) is 0. The van der Waals surface area contributed by atoms with Crippen LogP contribution in [-0.2, 0) is 13.6 Å². The van der Waals surface area contributed by atoms with E-state index in [-0.39, 0.29) is 0 Å². The molecule has 0 atom stereocenters. The zero-order valence-corrected chi connectivity index (χ0v) is 13.5. The molecule has 0 fully saturated rings. The molecule has 0 bridgehead atoms. The van der Waals surface area contributed by atoms with Crippen molar-refractivity contribution in [2.45, 2.75) is 13.5 Å². The van der Waals surface area contributed by atoms with Crippen LogP contribution in [0.3, 0.4) is 0 Å². The molecule has 0 saturated heterocycles. The number of halogens is 1. The van der Waals surface area contributed by atoms with Gasteiger partial charge in [-0.25, -0.2) is 0 Å². The number of rotatable bonds is 5. The summed E-state index contributed by atoms with van der Waals surface area (Å²) in [5.41, 5.74) is 0.862. The van der Waals surface area contributed by atoms with Gasteiger partial charge < -0.3 is 19.4 Å². The number of hydrogen-bond acceptors (Lipinski definition) is 5. The quantitative estimate of drug-likeness (QED) is 0.906. The van der Waals surface area contributed by atoms with Crippen molar-refractivity contribution >= 4 is 21.6 Å². The summed E-state index contributed by atoms with van der Waals surface area (Å²) in [5.74, 6) is 3.17. The van der Waals surface area contributed by atoms with Crippen LogP contribution in [0, 0.1) is 6.92 Å². The lowest BCUT2D eigenvalue weighted by Crippen LogP contribution is -2.07. The molecule has 0 spiro atoms. The van der Waals surface area contributed by atoms with E-state index in [9.17, 15) is 0 Å². The van der Waals surface area contributed by atoms with Crippen LogP contribution in [0.2, 0.25) is 0 Å². The van der Waals surface area contributed by atoms with Gasteiger partial charge in [-0.15, -0.1) is 10.2 Å². The van der Waals surface area contributed by atoms with Gasteiger partial charge in [0.15, 0.2) is 5.82 Å². The summed E-state index contributed by atoms with van der Waals surface area (Å²) in [7, 11) is 5.18. The number of nitrogens with zero attached hydrogens (tertiary/aromatic N) is 3. The molecular formula is C13H17BrN4O2. The van der Waals surface area contributed by atoms with Crippen molar-refractivity contribution in [2.75, 3.05) is 19.5 Å². The molecule has 2 rings (SSSR count). The molecule has 0 amide bonds. The molecule has 0 unspecified atom stereocenters. The Morgan fingerprint density at radius 3 is 2.45 bits per heavy atom. The average Bonchev–Trinajstić information content (AvgIpc) is 2.76. The van der Waals surface area contributed by atoms with Gasteiger partial charge in [0.25, 0.3) is 0 Å². The second-order valence-electron chi connectivity index (χ2n) is 4.26. The Labute approximate surface area is 126 Å². The van der Waals surface area contributed by atoms with E-state index in [1.165, 1.54) is 0 Å². The van der Waals surface area contributed by atoms with E-state index in [0.717, 1.165) is 27.6 Å². The Kier molecular flexibility index (Phi) is 4.49. The number of benzene rings is 1. The zero-order chi connectivity index (χ0) is 14.7. The fraction of sp³-hybridized carbons (Fsp3) is 0.385. The summed E-state index contributed by atoms with van der Waals surface area (Å²) in [4.78, 5) is 0. The molecule has 2 aromatic rings. The molecule has 0 aliphatic heterocycles. The maximum absolute atomic E-state index is 5.36. The molecular weight excluding hydrogens is 324 g/mol. The van der Waals surface area contributed by atoms with Crippen LogP contribution in [0.25, 0.3) is 0 Å². The topological polar surface area (TPSA) is 61.2 Å². The molecule has 1 N–H and O–H groups in total. The number of anilines is 1. The minimum Gasteiger partial charge on any atom is -0.495 e. The predicted octanol–water partition coefficient (Wildman–Crippen LogP) is 2.52. The van der Waals surface area contributed by atoms with Crippen molar-refractivity contribution in [3.05, 3.63) is 28.3 Å². The van der Waals surface area contributed by atoms with E-state index in [0.29, 0.717) is 12.3 Å². The van der Waals surface area contributed by atoms with Gasteiger partial charge in [0.2, 0.25) is 0 Å². The lowest BCUT2D eigenvalue weighted by atomic mass is 10.2. The molecule has 1 aromatic heterocycles. The Bertz CT molecular complexity index is 613. The van der Waals surface area contributed by atoms with Gasteiger partial charge in [0, 0.05) is 13.1 Å². The first-order chi connectivity index (χ1) is 9.56. The lowest BCUT2D eigenvalue weighted by molar-refractivity contribution is 0.393. The van der Waals surface area contributed by atoms with E-state index < -0.39 is 0 Å². The molecule has 20 heavy (non-hydrogen) atoms. The smallest absolute Gasteiger partial charge is 0.152 e. The average molecular weight is 341 g/mol. The highest BCUT2D eigenvalue weighted by Crippen LogP contribution is 2.36. The largest absolute Gasteiger partial charge is 0.495 e. The van der Waals surface area contributed by atoms with Gasteiger partial charge in [-0.05, 0) is 28.9 Å². The van der Waals surface area contributed by atoms with E-state index in [1.807, 2.05) is 30.7 Å². The summed E-state index contributed by atoms with van der Waals surface area (Å²) < 4.78 is 13.4. The lowest BCUT2D eigenvalue weighted by Gasteiger charge is -2.13. The normalized spacial score (nSPS) is 10.4. The number of ether oxygens (including phenoxy) is 2. The zero-order valence-electron chi connectivity index (χ0n) is 11.9. The third-order valence-corrected chi connectivity index (χ3v) is 3.71. The summed E-state index contributed by atoms with van der Waals surface area (Å²) in [5, 5.41) is 11.4. The Morgan fingerprint density at radius 1 is 1.20 bits per heavy atom. The highest BCUT2D eigenvalue weighted by molar-refractivity contribution is 9.10. The van der Waals surface area contributed by atoms with Crippen LogP contribution in [0.5, 0.6) is 11.5 Å². The fourth-order valence-electron chi connectivity index (χ4n) is 1.78. The van der Waals surface area contributed by atoms with E-state index in [1.54, 1.807) is 14.2 Å². The Hall–Kier alpha value is -1.76. The number of methoxy groups -OCH3 is 2. The van der Waals surface area contributed by atoms with Gasteiger partial charge in [0.05, 0.1) is 30.9 Å². The monoisotopic (exact) mass is 340 g/mol. The molecule has 0 radical (unpaired) electrons. The molecule has 108 valence electrons. The van der Waals surface area contributed by atoms with Crippen molar-refractivity contribution in [1.29, 1.82) is 0 Å². The molecule has 7 heteroatoms. The van der Waals surface area contributed by atoms with Crippen LogP contribution in [0.4, 0.5) is 5.69 Å². The van der Waals surface area contributed by atoms with Crippen LogP contribution in [-0.4, -0.2) is 29.0 Å². The van der Waals surface area contributed by atoms with E-state index in [2.05, 4.69) is 31.4 Å². The van der Waals surface area contributed by atoms with Gasteiger partial charge in [-0.3, -0.25) is 0 Å². The number of hydrogen-bond donors (Lipinski definition) is 1. The number of nitrogens with one attached hydrogen (secondary N) is 1. The molecule has 0 aliphatic carbocycles. The van der Waals surface area contributed by atoms with Gasteiger partial charge in [-0.2, -0.15) is 0 Å². The fourth-order valence-corrected chi connectivity index (χ4v) is 2.28. The maximum Gasteiger partial charge on any atom is 0.152 e. The SMILES string of the molecule is COc1cc(OC)c(NCc2nnc(C)n2C)cc1Br. The maximum atomic E-state index is 5.36. The number of aryl methyl sites for hydroxylation is 1. The molecule has 1 aromatic carbocycles. The highest BCUT2D eigenvalue weighted by Gasteiger charge is 2.11. The minimum atomic E-state index is 0.562. The minimum absolute atomic E-state index is 0.562. The summed E-state index contributed by atoms with van der Waals surface area (Å²) in [6.45, 7) is 2.48. The van der Waals surface area contributed by atoms with Crippen LogP contribution >= 0.6 is 15.9 Å². The Morgan fingerprint density at radius 2 is 1.90 bits per heavy atom. The van der Waals surface area contributed by atoms with Crippen LogP contribution in [0.15, 0.2) is 16.6 Å². The second kappa shape index (κ2) is 6.13. The predicted molar refractivity (Wildman–Crippen MR) is 80.3 cm³/mol. The molecule has 0 saturated carbocycles. The summed E-state index contributed by atoms with van der Waals surface area (Å²) in [6, 6.07) is 3.75. The molecule has 1 heterocycles. The highest BCUT2D eigenvalue weighted by atomic mass is 79.9. The molecule has 6 nitrogen and oxygen atoms in total. The van der Waals surface area contributed by atoms with Crippen LogP contribution in [0.1, 0.15) is 11.6 Å². The van der Waals surface area contributed by atoms with Gasteiger partial charge in [-0.1, -0.05) is 0 Å². The number of aromatic nitrogens is 3. The van der Waals surface area contributed by atoms with Gasteiger partial charge >= 0.3 is 0 Å². The molecule has 0 aliphatic rings. The second-order valence-corrected chi connectivity index (χ2v) is 5.12. The first-order valence-corrected chi connectivity index (χ1v) is 6.86. The van der Waals surface area contributed by atoms with Crippen molar-refractivity contribution < 1.29 is 9.47 Å². The summed E-state index contributed by atoms with van der Waals surface area (Å²) >= 11 is 3.46. The first-order valence-electron chi connectivity index (χ1n) is 6.07. The Balaban J connectivity index is 2.20. The standard InChI is InChI=1S/C13H17BrN4O2/c1-8-16-17-13(18(8)2)7-15-10-5-9(14)11(19-3)6-12(10)20-4/h5-6,15H,7H2,1-4H3. The third-order valence-electron chi connectivity index (χ3n) is 3.09. The third kappa shape index (κ3) is 2.87. The van der Waals surface area contributed by atoms with E-state index >= 15 is 0 Å². The van der Waals surface area contributed by atoms with Gasteiger partial charge in [0.1, 0.15) is 17.3 Å². The van der Waals surface area contributed by atoms with Crippen LogP contribution < -0.4 is 14.8 Å². The van der Waals surface area contributed by atoms with Crippen molar-refractivity contribution in [1.82, 2.24) is 14.8 Å².